The van der Waals surface area contributed by atoms with Crippen LogP contribution in [0.25, 0.3) is 0 Å². The van der Waals surface area contributed by atoms with Crippen LogP contribution in [0.3, 0.4) is 0 Å². The monoisotopic (exact) mass is 266 g/mol. The zero-order valence-corrected chi connectivity index (χ0v) is 12.3. The van der Waals surface area contributed by atoms with E-state index in [1.807, 2.05) is 0 Å². The molecule has 0 aromatic heterocycles. The molecule has 0 spiro atoms. The Hall–Kier alpha value is 0.471. The first-order valence-electron chi connectivity index (χ1n) is 3.00. The lowest BCUT2D eigenvalue weighted by molar-refractivity contribution is 0.411. The maximum atomic E-state index is 10.7. The molecule has 0 aliphatic rings. The van der Waals surface area contributed by atoms with Crippen LogP contribution in [0.2, 0.25) is 0 Å². The smallest absolute Gasteiger partial charge is 0.219 e. The van der Waals surface area contributed by atoms with E-state index in [-0.39, 0.29) is 0 Å². The highest BCUT2D eigenvalue weighted by molar-refractivity contribution is 8.24. The Morgan fingerprint density at radius 3 is 2.00 bits per heavy atom. The molecule has 0 rings (SSSR count). The van der Waals surface area contributed by atoms with Gasteiger partial charge in [0.15, 0.2) is 16.4 Å². The molecule has 0 saturated carbocycles. The van der Waals surface area contributed by atoms with Crippen LogP contribution in [0.15, 0.2) is 0 Å². The van der Waals surface area contributed by atoms with Crippen molar-refractivity contribution in [1.82, 2.24) is 0 Å². The van der Waals surface area contributed by atoms with Gasteiger partial charge in [0.25, 0.3) is 0 Å². The first kappa shape index (κ1) is 12.5. The van der Waals surface area contributed by atoms with Crippen molar-refractivity contribution in [3.8, 4) is 0 Å². The van der Waals surface area contributed by atoms with Crippen LogP contribution in [0.4, 0.5) is 0 Å². The van der Waals surface area contributed by atoms with Crippen molar-refractivity contribution < 1.29 is 25.6 Å². The SMILES string of the molecule is COS(=O)(=O)[SiH2][SiH2][SiH2]S(=O)(=O)O. The molecule has 0 fully saturated rings. The molecule has 0 saturated heterocycles. The summed E-state index contributed by atoms with van der Waals surface area (Å²) in [5.41, 5.74) is 0. The van der Waals surface area contributed by atoms with E-state index in [9.17, 15) is 16.8 Å². The first-order valence-corrected chi connectivity index (χ1v) is 17.7. The Morgan fingerprint density at radius 2 is 1.67 bits per heavy atom. The van der Waals surface area contributed by atoms with Gasteiger partial charge in [0.1, 0.15) is 0 Å². The minimum atomic E-state index is -3.84. The maximum absolute atomic E-state index is 10.7. The van der Waals surface area contributed by atoms with Gasteiger partial charge >= 0.3 is 0 Å². The minimum Gasteiger partial charge on any atom is -0.292 e. The van der Waals surface area contributed by atoms with Crippen LogP contribution in [0.1, 0.15) is 0 Å². The Balaban J connectivity index is 3.89. The molecule has 0 aromatic carbocycles. The summed E-state index contributed by atoms with van der Waals surface area (Å²) in [6, 6.07) is 0. The molecule has 11 heteroatoms. The maximum Gasteiger partial charge on any atom is 0.219 e. The molecule has 12 heavy (non-hydrogen) atoms. The lowest BCUT2D eigenvalue weighted by atomic mass is 11.8. The predicted octanol–water partition coefficient (Wildman–Crippen LogP) is -3.98. The van der Waals surface area contributed by atoms with Gasteiger partial charge in [-0.05, 0) is 0 Å². The van der Waals surface area contributed by atoms with Gasteiger partial charge in [0, 0.05) is 8.55 Å². The van der Waals surface area contributed by atoms with Crippen molar-refractivity contribution in [3.63, 3.8) is 0 Å². The Kier molecular flexibility index (Phi) is 4.82. The zero-order valence-electron chi connectivity index (χ0n) is 6.43. The van der Waals surface area contributed by atoms with Gasteiger partial charge in [-0.15, -0.1) is 0 Å². The summed E-state index contributed by atoms with van der Waals surface area (Å²) in [6.45, 7) is 0. The fourth-order valence-corrected chi connectivity index (χ4v) is 45.7. The van der Waals surface area contributed by atoms with Crippen molar-refractivity contribution in [2.75, 3.05) is 7.11 Å². The summed E-state index contributed by atoms with van der Waals surface area (Å²) in [5, 5.41) is 0. The highest BCUT2D eigenvalue weighted by Gasteiger charge is 2.13. The molecule has 6 nitrogen and oxygen atoms in total. The lowest BCUT2D eigenvalue weighted by Crippen LogP contribution is -2.27. The summed E-state index contributed by atoms with van der Waals surface area (Å²) in [6.07, 6.45) is 0. The molecule has 0 amide bonds. The zero-order chi connectivity index (χ0) is 9.83. The largest absolute Gasteiger partial charge is 0.292 e. The van der Waals surface area contributed by atoms with Gasteiger partial charge in [-0.25, -0.2) is 16.8 Å². The van der Waals surface area contributed by atoms with E-state index in [0.29, 0.717) is 0 Å². The summed E-state index contributed by atoms with van der Waals surface area (Å²) >= 11 is 0. The quantitative estimate of drug-likeness (QED) is 0.402. The molecule has 0 radical (unpaired) electrons. The van der Waals surface area contributed by atoms with Gasteiger partial charge < -0.3 is 0 Å². The second-order valence-corrected chi connectivity index (χ2v) is 28.8. The second-order valence-electron chi connectivity index (χ2n) is 2.07. The van der Waals surface area contributed by atoms with Crippen molar-refractivity contribution in [3.05, 3.63) is 0 Å². The topological polar surface area (TPSA) is 97.7 Å². The summed E-state index contributed by atoms with van der Waals surface area (Å²) in [5.74, 6) is 0. The second kappa shape index (κ2) is 4.64. The van der Waals surface area contributed by atoms with Gasteiger partial charge in [-0.3, -0.25) is 8.74 Å². The highest BCUT2D eigenvalue weighted by Crippen LogP contribution is 1.85. The lowest BCUT2D eigenvalue weighted by Gasteiger charge is -1.97. The van der Waals surface area contributed by atoms with E-state index in [4.69, 9.17) is 4.55 Å². The molecule has 74 valence electrons. The molecule has 0 heterocycles. The average molecular weight is 266 g/mol. The first-order chi connectivity index (χ1) is 5.27. The van der Waals surface area contributed by atoms with Crippen LogP contribution in [0, 0.1) is 0 Å². The minimum absolute atomic E-state index is 1.06. The Morgan fingerprint density at radius 1 is 1.17 bits per heavy atom. The third-order valence-electron chi connectivity index (χ3n) is 1.05. The fourth-order valence-electron chi connectivity index (χ4n) is 0.501. The van der Waals surface area contributed by atoms with Crippen molar-refractivity contribution >= 4 is 44.1 Å². The molecule has 1 N–H and O–H groups in total. The van der Waals surface area contributed by atoms with Crippen molar-refractivity contribution in [2.24, 2.45) is 0 Å². The molecule has 0 atom stereocenters. The predicted molar refractivity (Wildman–Crippen MR) is 53.1 cm³/mol. The molecule has 0 bridgehead atoms. The third-order valence-corrected chi connectivity index (χ3v) is 38.6. The average Bonchev–Trinajstić information content (AvgIpc) is 1.84. The van der Waals surface area contributed by atoms with Crippen LogP contribution in [-0.4, -0.2) is 53.4 Å². The summed E-state index contributed by atoms with van der Waals surface area (Å²) < 4.78 is 54.4. The van der Waals surface area contributed by atoms with Gasteiger partial charge in [0.05, 0.1) is 7.11 Å². The number of rotatable bonds is 5. The van der Waals surface area contributed by atoms with Crippen molar-refractivity contribution in [1.29, 1.82) is 0 Å². The fraction of sp³-hybridized carbons (Fsp3) is 1.00. The van der Waals surface area contributed by atoms with E-state index in [2.05, 4.69) is 4.18 Å². The molecule has 0 aliphatic heterocycles. The third kappa shape index (κ3) is 7.14. The van der Waals surface area contributed by atoms with E-state index < -0.39 is 44.1 Å². The van der Waals surface area contributed by atoms with E-state index in [1.165, 1.54) is 0 Å². The number of hydrogen-bond donors (Lipinski definition) is 1. The molecular formula is CH10O6S2Si3. The van der Waals surface area contributed by atoms with Gasteiger partial charge in [-0.1, -0.05) is 0 Å². The Labute approximate surface area is 76.9 Å². The van der Waals surface area contributed by atoms with Crippen molar-refractivity contribution in [2.45, 2.75) is 0 Å². The van der Waals surface area contributed by atoms with Crippen LogP contribution in [-0.2, 0) is 23.3 Å². The molecule has 0 aliphatic carbocycles. The normalized spacial score (nSPS) is 16.2. The molecule has 0 unspecified atom stereocenters. The summed E-state index contributed by atoms with van der Waals surface area (Å²) in [7, 11) is -10.2. The summed E-state index contributed by atoms with van der Waals surface area (Å²) in [4.78, 5) is 0. The van der Waals surface area contributed by atoms with E-state index >= 15 is 0 Å². The number of hydrogen-bond acceptors (Lipinski definition) is 5. The van der Waals surface area contributed by atoms with Gasteiger partial charge in [0.2, 0.25) is 19.1 Å². The van der Waals surface area contributed by atoms with Crippen LogP contribution < -0.4 is 0 Å². The van der Waals surface area contributed by atoms with Gasteiger partial charge in [-0.2, -0.15) is 0 Å². The van der Waals surface area contributed by atoms with Crippen LogP contribution >= 0.6 is 0 Å². The highest BCUT2D eigenvalue weighted by atomic mass is 32.4. The Bertz CT molecular complexity index is 315. The molecule has 0 aromatic rings. The van der Waals surface area contributed by atoms with E-state index in [0.717, 1.165) is 7.11 Å². The van der Waals surface area contributed by atoms with Crippen LogP contribution in [0.5, 0.6) is 0 Å². The van der Waals surface area contributed by atoms with E-state index in [1.54, 1.807) is 0 Å². The molecular weight excluding hydrogens is 256 g/mol. The standard InChI is InChI=1S/CH10O6S2Si3/c1-7-9(5,6)11-12-10-8(2,3)4/h10-12H2,1H3,(H,2,3,4).